The van der Waals surface area contributed by atoms with Crippen molar-refractivity contribution < 1.29 is 4.79 Å². The molecule has 2 rings (SSSR count). The Morgan fingerprint density at radius 1 is 1.25 bits per heavy atom. The van der Waals surface area contributed by atoms with Gasteiger partial charge < -0.3 is 0 Å². The van der Waals surface area contributed by atoms with E-state index in [1.54, 1.807) is 0 Å². The van der Waals surface area contributed by atoms with Gasteiger partial charge >= 0.3 is 0 Å². The number of hydrogen-bond acceptors (Lipinski definition) is 3. The molecule has 1 unspecified atom stereocenters. The van der Waals surface area contributed by atoms with E-state index in [1.165, 1.54) is 17.9 Å². The van der Waals surface area contributed by atoms with Gasteiger partial charge in [-0.25, -0.2) is 0 Å². The highest BCUT2D eigenvalue weighted by Gasteiger charge is 2.27. The highest BCUT2D eigenvalue weighted by atomic mass is 32.2. The molecule has 0 amide bonds. The molecule has 1 heterocycles. The Bertz CT molecular complexity index is 344. The minimum absolute atomic E-state index is 0.123. The van der Waals surface area contributed by atoms with E-state index in [-0.39, 0.29) is 11.7 Å². The number of rotatable bonds is 3. The zero-order valence-corrected chi connectivity index (χ0v) is 11.0. The molecule has 1 aromatic carbocycles. The third-order valence-electron chi connectivity index (χ3n) is 2.73. The maximum atomic E-state index is 12.2. The summed E-state index contributed by atoms with van der Waals surface area (Å²) >= 11 is 3.87. The van der Waals surface area contributed by atoms with Crippen LogP contribution in [0.15, 0.2) is 30.3 Å². The summed E-state index contributed by atoms with van der Waals surface area (Å²) in [6.07, 6.45) is 1.28. The Kier molecular flexibility index (Phi) is 4.36. The molecule has 86 valence electrons. The van der Waals surface area contributed by atoms with Crippen molar-refractivity contribution in [3.63, 3.8) is 0 Å². The highest BCUT2D eigenvalue weighted by molar-refractivity contribution is 8.17. The van der Waals surface area contributed by atoms with Crippen LogP contribution in [0.25, 0.3) is 0 Å². The lowest BCUT2D eigenvalue weighted by atomic mass is 10.0. The lowest BCUT2D eigenvalue weighted by molar-refractivity contribution is 0.0938. The molecule has 0 radical (unpaired) electrons. The molecule has 0 saturated carbocycles. The Hall–Kier alpha value is -0.410. The fourth-order valence-electron chi connectivity index (χ4n) is 1.78. The number of Topliss-reactive ketones (excluding diaryl/α,β-unsaturated/α-hetero) is 1. The molecule has 0 N–H and O–H groups in total. The maximum Gasteiger partial charge on any atom is 0.167 e. The molecule has 1 aromatic rings. The zero-order chi connectivity index (χ0) is 11.4. The first-order chi connectivity index (χ1) is 7.79. The molecule has 16 heavy (non-hydrogen) atoms. The quantitative estimate of drug-likeness (QED) is 0.764. The molecular weight excluding hydrogens is 236 g/mol. The molecule has 0 spiro atoms. The predicted molar refractivity (Wildman–Crippen MR) is 73.3 cm³/mol. The van der Waals surface area contributed by atoms with Gasteiger partial charge in [0, 0.05) is 11.5 Å². The second-order valence-corrected chi connectivity index (χ2v) is 6.78. The van der Waals surface area contributed by atoms with Crippen LogP contribution in [0.4, 0.5) is 0 Å². The first-order valence-corrected chi connectivity index (χ1v) is 7.71. The van der Waals surface area contributed by atoms with Gasteiger partial charge in [0.25, 0.3) is 0 Å². The summed E-state index contributed by atoms with van der Waals surface area (Å²) < 4.78 is 0.446. The van der Waals surface area contributed by atoms with Gasteiger partial charge in [0.2, 0.25) is 0 Å². The fraction of sp³-hybridized carbons (Fsp3) is 0.462. The third-order valence-corrected chi connectivity index (χ3v) is 6.07. The maximum absolute atomic E-state index is 12.2. The summed E-state index contributed by atoms with van der Waals surface area (Å²) in [5, 5.41) is 0. The summed E-state index contributed by atoms with van der Waals surface area (Å²) in [4.78, 5) is 12.2. The Labute approximate surface area is 105 Å². The summed E-state index contributed by atoms with van der Waals surface area (Å²) in [6, 6.07) is 9.64. The third kappa shape index (κ3) is 2.83. The van der Waals surface area contributed by atoms with Crippen LogP contribution in [-0.2, 0) is 0 Å². The van der Waals surface area contributed by atoms with Gasteiger partial charge in [-0.15, -0.1) is 23.5 Å². The molecule has 1 saturated heterocycles. The molecule has 1 aliphatic heterocycles. The first kappa shape index (κ1) is 12.1. The lowest BCUT2D eigenvalue weighted by Gasteiger charge is -2.25. The van der Waals surface area contributed by atoms with Crippen LogP contribution in [0, 0.1) is 5.92 Å². The van der Waals surface area contributed by atoms with Gasteiger partial charge in [-0.2, -0.15) is 0 Å². The van der Waals surface area contributed by atoms with Crippen molar-refractivity contribution in [3.05, 3.63) is 35.9 Å². The Balaban J connectivity index is 2.04. The molecule has 0 aromatic heterocycles. The standard InChI is InChI=1S/C13H16OS2/c1-10(13-15-8-5-9-16-13)12(14)11-6-3-2-4-7-11/h2-4,6-7,10,13H,5,8-9H2,1H3. The summed E-state index contributed by atoms with van der Waals surface area (Å²) in [5.74, 6) is 2.80. The Morgan fingerprint density at radius 3 is 2.50 bits per heavy atom. The van der Waals surface area contributed by atoms with Crippen LogP contribution in [0.3, 0.4) is 0 Å². The largest absolute Gasteiger partial charge is 0.294 e. The predicted octanol–water partition coefficient (Wildman–Crippen LogP) is 3.70. The second kappa shape index (κ2) is 5.78. The van der Waals surface area contributed by atoms with E-state index in [1.807, 2.05) is 53.9 Å². The van der Waals surface area contributed by atoms with Gasteiger partial charge in [-0.3, -0.25) is 4.79 Å². The summed E-state index contributed by atoms with van der Waals surface area (Å²) in [6.45, 7) is 2.06. The van der Waals surface area contributed by atoms with E-state index in [4.69, 9.17) is 0 Å². The average molecular weight is 252 g/mol. The van der Waals surface area contributed by atoms with Crippen LogP contribution >= 0.6 is 23.5 Å². The normalized spacial score (nSPS) is 19.3. The van der Waals surface area contributed by atoms with Gasteiger partial charge in [0.05, 0.1) is 4.58 Å². The van der Waals surface area contributed by atoms with Gasteiger partial charge in [-0.05, 0) is 17.9 Å². The van der Waals surface area contributed by atoms with Crippen LogP contribution in [0.1, 0.15) is 23.7 Å². The van der Waals surface area contributed by atoms with E-state index in [0.717, 1.165) is 5.56 Å². The smallest absolute Gasteiger partial charge is 0.167 e. The van der Waals surface area contributed by atoms with E-state index in [0.29, 0.717) is 4.58 Å². The Morgan fingerprint density at radius 2 is 1.88 bits per heavy atom. The highest BCUT2D eigenvalue weighted by Crippen LogP contribution is 2.36. The van der Waals surface area contributed by atoms with Crippen molar-refractivity contribution in [1.29, 1.82) is 0 Å². The molecule has 3 heteroatoms. The van der Waals surface area contributed by atoms with Crippen LogP contribution in [0.2, 0.25) is 0 Å². The second-order valence-electron chi connectivity index (χ2n) is 3.98. The first-order valence-electron chi connectivity index (χ1n) is 5.61. The molecular formula is C13H16OS2. The van der Waals surface area contributed by atoms with E-state index < -0.39 is 0 Å². The van der Waals surface area contributed by atoms with Crippen LogP contribution in [0.5, 0.6) is 0 Å². The number of thioether (sulfide) groups is 2. The fourth-order valence-corrected chi connectivity index (χ4v) is 4.84. The molecule has 0 bridgehead atoms. The van der Waals surface area contributed by atoms with Crippen LogP contribution < -0.4 is 0 Å². The van der Waals surface area contributed by atoms with E-state index >= 15 is 0 Å². The van der Waals surface area contributed by atoms with Crippen molar-refractivity contribution in [2.75, 3.05) is 11.5 Å². The average Bonchev–Trinajstić information content (AvgIpc) is 2.39. The molecule has 1 nitrogen and oxygen atoms in total. The van der Waals surface area contributed by atoms with Gasteiger partial charge in [-0.1, -0.05) is 37.3 Å². The minimum Gasteiger partial charge on any atom is -0.294 e. The monoisotopic (exact) mass is 252 g/mol. The summed E-state index contributed by atoms with van der Waals surface area (Å²) in [5.41, 5.74) is 0.849. The number of carbonyl (C=O) groups excluding carboxylic acids is 1. The van der Waals surface area contributed by atoms with Crippen molar-refractivity contribution in [3.8, 4) is 0 Å². The minimum atomic E-state index is 0.123. The van der Waals surface area contributed by atoms with Crippen molar-refractivity contribution in [1.82, 2.24) is 0 Å². The number of carbonyl (C=O) groups is 1. The topological polar surface area (TPSA) is 17.1 Å². The summed E-state index contributed by atoms with van der Waals surface area (Å²) in [7, 11) is 0. The van der Waals surface area contributed by atoms with Crippen molar-refractivity contribution >= 4 is 29.3 Å². The number of ketones is 1. The van der Waals surface area contributed by atoms with Crippen molar-refractivity contribution in [2.45, 2.75) is 17.9 Å². The van der Waals surface area contributed by atoms with E-state index in [2.05, 4.69) is 6.92 Å². The molecule has 1 aliphatic rings. The molecule has 0 aliphatic carbocycles. The van der Waals surface area contributed by atoms with Crippen LogP contribution in [-0.4, -0.2) is 21.9 Å². The molecule has 1 atom stereocenters. The van der Waals surface area contributed by atoms with Gasteiger partial charge in [0.1, 0.15) is 0 Å². The zero-order valence-electron chi connectivity index (χ0n) is 9.39. The van der Waals surface area contributed by atoms with E-state index in [9.17, 15) is 4.79 Å². The SMILES string of the molecule is CC(C(=O)c1ccccc1)C1SCCCS1. The number of hydrogen-bond donors (Lipinski definition) is 0. The lowest BCUT2D eigenvalue weighted by Crippen LogP contribution is -2.23. The molecule has 1 fully saturated rings. The van der Waals surface area contributed by atoms with Gasteiger partial charge in [0.15, 0.2) is 5.78 Å². The number of benzene rings is 1. The van der Waals surface area contributed by atoms with Crippen molar-refractivity contribution in [2.24, 2.45) is 5.92 Å².